The summed E-state index contributed by atoms with van der Waals surface area (Å²) in [6, 6.07) is 5.84. The number of halogens is 3. The molecule has 2 unspecified atom stereocenters. The molecule has 0 bridgehead atoms. The topological polar surface area (TPSA) is 0 Å². The van der Waals surface area contributed by atoms with E-state index < -0.39 is 0 Å². The lowest BCUT2D eigenvalue weighted by Crippen LogP contribution is -2.10. The van der Waals surface area contributed by atoms with E-state index in [2.05, 4.69) is 22.9 Å². The Balaban J connectivity index is 2.80. The van der Waals surface area contributed by atoms with Crippen molar-refractivity contribution >= 4 is 39.1 Å². The zero-order chi connectivity index (χ0) is 10.7. The highest BCUT2D eigenvalue weighted by Gasteiger charge is 2.11. The molecule has 0 aliphatic carbocycles. The monoisotopic (exact) mass is 294 g/mol. The summed E-state index contributed by atoms with van der Waals surface area (Å²) in [5, 5.41) is 0.957. The average Bonchev–Trinajstić information content (AvgIpc) is 2.11. The lowest BCUT2D eigenvalue weighted by atomic mass is 9.99. The third-order valence-electron chi connectivity index (χ3n) is 2.33. The molecule has 0 saturated heterocycles. The van der Waals surface area contributed by atoms with Crippen LogP contribution < -0.4 is 0 Å². The van der Waals surface area contributed by atoms with Crippen molar-refractivity contribution in [1.29, 1.82) is 0 Å². The van der Waals surface area contributed by atoms with Gasteiger partial charge in [0.2, 0.25) is 0 Å². The maximum atomic E-state index is 6.02. The molecule has 3 heteroatoms. The summed E-state index contributed by atoms with van der Waals surface area (Å²) in [6.07, 6.45) is 0.950. The van der Waals surface area contributed by atoms with E-state index in [9.17, 15) is 0 Å². The van der Waals surface area contributed by atoms with Crippen LogP contribution in [-0.4, -0.2) is 5.38 Å². The van der Waals surface area contributed by atoms with Crippen molar-refractivity contribution < 1.29 is 0 Å². The van der Waals surface area contributed by atoms with E-state index in [1.807, 2.05) is 25.1 Å². The van der Waals surface area contributed by atoms with Gasteiger partial charge in [0.1, 0.15) is 0 Å². The SMILES string of the molecule is CC(Cl)C(C)Cc1cc(Cl)ccc1Br. The van der Waals surface area contributed by atoms with Crippen molar-refractivity contribution in [2.45, 2.75) is 25.6 Å². The van der Waals surface area contributed by atoms with Gasteiger partial charge in [-0.25, -0.2) is 0 Å². The Labute approximate surface area is 104 Å². The van der Waals surface area contributed by atoms with Crippen molar-refractivity contribution in [3.63, 3.8) is 0 Å². The summed E-state index contributed by atoms with van der Waals surface area (Å²) in [5.74, 6) is 0.450. The number of rotatable bonds is 3. The fourth-order valence-electron chi connectivity index (χ4n) is 1.21. The third kappa shape index (κ3) is 3.45. The molecule has 0 aliphatic rings. The minimum atomic E-state index is 0.181. The zero-order valence-corrected chi connectivity index (χ0v) is 11.3. The molecule has 1 rings (SSSR count). The predicted octanol–water partition coefficient (Wildman–Crippen LogP) is 4.91. The second-order valence-electron chi connectivity index (χ2n) is 3.59. The van der Waals surface area contributed by atoms with Gasteiger partial charge in [0.05, 0.1) is 0 Å². The molecule has 0 aliphatic heterocycles. The highest BCUT2D eigenvalue weighted by atomic mass is 79.9. The van der Waals surface area contributed by atoms with E-state index in [0.717, 1.165) is 15.9 Å². The summed E-state index contributed by atoms with van der Waals surface area (Å²) >= 11 is 15.5. The van der Waals surface area contributed by atoms with Gasteiger partial charge in [0.25, 0.3) is 0 Å². The van der Waals surface area contributed by atoms with Gasteiger partial charge >= 0.3 is 0 Å². The van der Waals surface area contributed by atoms with Gasteiger partial charge in [-0.15, -0.1) is 11.6 Å². The predicted molar refractivity (Wildman–Crippen MR) is 67.3 cm³/mol. The van der Waals surface area contributed by atoms with Gasteiger partial charge in [-0.05, 0) is 43.0 Å². The van der Waals surface area contributed by atoms with E-state index in [4.69, 9.17) is 23.2 Å². The van der Waals surface area contributed by atoms with Crippen LogP contribution in [0.1, 0.15) is 19.4 Å². The Bertz CT molecular complexity index is 310. The standard InChI is InChI=1S/C11H13BrCl2/c1-7(8(2)13)5-9-6-10(14)3-4-11(9)12/h3-4,6-8H,5H2,1-2H3. The molecule has 14 heavy (non-hydrogen) atoms. The van der Waals surface area contributed by atoms with Gasteiger partial charge in [-0.1, -0.05) is 34.5 Å². The second-order valence-corrected chi connectivity index (χ2v) is 5.57. The van der Waals surface area contributed by atoms with Crippen LogP contribution >= 0.6 is 39.1 Å². The number of benzene rings is 1. The first kappa shape index (κ1) is 12.4. The fourth-order valence-corrected chi connectivity index (χ4v) is 1.90. The first-order valence-corrected chi connectivity index (χ1v) is 6.19. The third-order valence-corrected chi connectivity index (χ3v) is 3.77. The molecule has 0 spiro atoms. The van der Waals surface area contributed by atoms with Crippen LogP contribution in [-0.2, 0) is 6.42 Å². The molecular weight excluding hydrogens is 283 g/mol. The molecule has 0 aromatic heterocycles. The van der Waals surface area contributed by atoms with Crippen LogP contribution in [0.25, 0.3) is 0 Å². The smallest absolute Gasteiger partial charge is 0.0409 e. The minimum absolute atomic E-state index is 0.181. The van der Waals surface area contributed by atoms with Crippen LogP contribution in [0, 0.1) is 5.92 Å². The van der Waals surface area contributed by atoms with Crippen molar-refractivity contribution in [3.8, 4) is 0 Å². The van der Waals surface area contributed by atoms with Crippen molar-refractivity contribution in [1.82, 2.24) is 0 Å². The second kappa shape index (κ2) is 5.39. The molecule has 1 aromatic carbocycles. The molecule has 1 aromatic rings. The summed E-state index contributed by atoms with van der Waals surface area (Å²) < 4.78 is 1.10. The van der Waals surface area contributed by atoms with Crippen LogP contribution in [0.2, 0.25) is 5.02 Å². The van der Waals surface area contributed by atoms with Crippen molar-refractivity contribution in [2.24, 2.45) is 5.92 Å². The van der Waals surface area contributed by atoms with Crippen LogP contribution in [0.3, 0.4) is 0 Å². The summed E-state index contributed by atoms with van der Waals surface area (Å²) in [4.78, 5) is 0. The van der Waals surface area contributed by atoms with Gasteiger partial charge in [0.15, 0.2) is 0 Å². The Hall–Kier alpha value is 0.280. The summed E-state index contributed by atoms with van der Waals surface area (Å²) in [7, 11) is 0. The Morgan fingerprint density at radius 2 is 2.00 bits per heavy atom. The number of hydrogen-bond donors (Lipinski definition) is 0. The molecule has 78 valence electrons. The van der Waals surface area contributed by atoms with Gasteiger partial charge < -0.3 is 0 Å². The average molecular weight is 296 g/mol. The lowest BCUT2D eigenvalue weighted by Gasteiger charge is -2.14. The first-order valence-electron chi connectivity index (χ1n) is 4.58. The largest absolute Gasteiger partial charge is 0.123 e. The Morgan fingerprint density at radius 3 is 2.57 bits per heavy atom. The Morgan fingerprint density at radius 1 is 1.36 bits per heavy atom. The molecule has 0 saturated carbocycles. The van der Waals surface area contributed by atoms with Gasteiger partial charge in [-0.3, -0.25) is 0 Å². The van der Waals surface area contributed by atoms with E-state index in [1.54, 1.807) is 0 Å². The molecule has 2 atom stereocenters. The quantitative estimate of drug-likeness (QED) is 0.695. The Kier molecular flexibility index (Phi) is 4.75. The summed E-state index contributed by atoms with van der Waals surface area (Å²) in [5.41, 5.74) is 1.22. The molecule has 0 heterocycles. The number of alkyl halides is 1. The van der Waals surface area contributed by atoms with E-state index in [-0.39, 0.29) is 5.38 Å². The minimum Gasteiger partial charge on any atom is -0.123 e. The van der Waals surface area contributed by atoms with Crippen LogP contribution in [0.15, 0.2) is 22.7 Å². The normalized spacial score (nSPS) is 15.2. The van der Waals surface area contributed by atoms with Gasteiger partial charge in [0, 0.05) is 14.9 Å². The van der Waals surface area contributed by atoms with Crippen LogP contribution in [0.4, 0.5) is 0 Å². The van der Waals surface area contributed by atoms with E-state index in [0.29, 0.717) is 5.92 Å². The zero-order valence-electron chi connectivity index (χ0n) is 8.23. The molecule has 0 nitrogen and oxygen atoms in total. The molecule has 0 fully saturated rings. The van der Waals surface area contributed by atoms with Gasteiger partial charge in [-0.2, -0.15) is 0 Å². The van der Waals surface area contributed by atoms with E-state index >= 15 is 0 Å². The highest BCUT2D eigenvalue weighted by Crippen LogP contribution is 2.25. The summed E-state index contributed by atoms with van der Waals surface area (Å²) in [6.45, 7) is 4.16. The van der Waals surface area contributed by atoms with E-state index in [1.165, 1.54) is 5.56 Å². The molecule has 0 amide bonds. The first-order chi connectivity index (χ1) is 6.50. The molecule has 0 N–H and O–H groups in total. The van der Waals surface area contributed by atoms with Crippen LogP contribution in [0.5, 0.6) is 0 Å². The maximum absolute atomic E-state index is 6.02. The lowest BCUT2D eigenvalue weighted by molar-refractivity contribution is 0.567. The molecule has 0 radical (unpaired) electrons. The maximum Gasteiger partial charge on any atom is 0.0409 e. The van der Waals surface area contributed by atoms with Crippen molar-refractivity contribution in [3.05, 3.63) is 33.3 Å². The highest BCUT2D eigenvalue weighted by molar-refractivity contribution is 9.10. The van der Waals surface area contributed by atoms with Crippen molar-refractivity contribution in [2.75, 3.05) is 0 Å². The number of hydrogen-bond acceptors (Lipinski definition) is 0. The fraction of sp³-hybridized carbons (Fsp3) is 0.455. The molecular formula is C11H13BrCl2.